The van der Waals surface area contributed by atoms with Crippen molar-refractivity contribution in [3.63, 3.8) is 0 Å². The highest BCUT2D eigenvalue weighted by atomic mass is 16.4. The zero-order valence-electron chi connectivity index (χ0n) is 17.0. The van der Waals surface area contributed by atoms with Crippen LogP contribution in [0.1, 0.15) is 48.4 Å². The van der Waals surface area contributed by atoms with Gasteiger partial charge < -0.3 is 19.3 Å². The smallest absolute Gasteiger partial charge is 0.340 e. The summed E-state index contributed by atoms with van der Waals surface area (Å²) < 4.78 is 11.2. The molecule has 7 nitrogen and oxygen atoms in total. The van der Waals surface area contributed by atoms with Gasteiger partial charge in [0.2, 0.25) is 5.91 Å². The van der Waals surface area contributed by atoms with Gasteiger partial charge >= 0.3 is 11.6 Å². The van der Waals surface area contributed by atoms with Crippen LogP contribution in [0.25, 0.3) is 21.9 Å². The first-order valence-corrected chi connectivity index (χ1v) is 9.70. The molecule has 0 saturated carbocycles. The molecule has 0 unspecified atom stereocenters. The number of hydrogen-bond donors (Lipinski definition) is 2. The lowest BCUT2D eigenvalue weighted by Crippen LogP contribution is -2.42. The molecule has 0 bridgehead atoms. The SMILES string of the molecule is CCCC[C@@H](NC(=O)Cc1c(C)c2c(cc(C)c3c(C)coc32)oc1=O)C(=O)O. The number of carboxylic acids is 1. The van der Waals surface area contributed by atoms with Crippen LogP contribution in [0.4, 0.5) is 0 Å². The number of carboxylic acid groups (broad SMARTS) is 1. The van der Waals surface area contributed by atoms with E-state index in [1.807, 2.05) is 20.8 Å². The Balaban J connectivity index is 2.00. The Kier molecular flexibility index (Phi) is 5.77. The predicted molar refractivity (Wildman–Crippen MR) is 109 cm³/mol. The molecule has 0 aliphatic heterocycles. The topological polar surface area (TPSA) is 110 Å². The average molecular weight is 399 g/mol. The number of amides is 1. The second-order valence-corrected chi connectivity index (χ2v) is 7.46. The standard InChI is InChI=1S/C22H25NO6/c1-5-6-7-15(21(25)26)23-17(24)9-14-13(4)19-16(29-22(14)27)8-11(2)18-12(3)10-28-20(18)19/h8,10,15H,5-7,9H2,1-4H3,(H,23,24)(H,25,26)/t15-/m1/s1. The molecule has 1 atom stereocenters. The van der Waals surface area contributed by atoms with E-state index in [0.717, 1.165) is 22.9 Å². The molecular formula is C22H25NO6. The Bertz CT molecular complexity index is 1150. The number of nitrogens with one attached hydrogen (secondary N) is 1. The van der Waals surface area contributed by atoms with E-state index < -0.39 is 23.5 Å². The van der Waals surface area contributed by atoms with Crippen LogP contribution in [0.15, 0.2) is 26.0 Å². The van der Waals surface area contributed by atoms with Gasteiger partial charge in [0.05, 0.1) is 23.6 Å². The van der Waals surface area contributed by atoms with Crippen molar-refractivity contribution >= 4 is 33.8 Å². The summed E-state index contributed by atoms with van der Waals surface area (Å²) in [5.74, 6) is -1.61. The number of unbranched alkanes of at least 4 members (excludes halogenated alkanes) is 1. The summed E-state index contributed by atoms with van der Waals surface area (Å²) in [4.78, 5) is 36.4. The Hall–Kier alpha value is -3.09. The van der Waals surface area contributed by atoms with Crippen LogP contribution < -0.4 is 10.9 Å². The summed E-state index contributed by atoms with van der Waals surface area (Å²) in [5.41, 5.74) is 3.14. The fraction of sp³-hybridized carbons (Fsp3) is 0.409. The van der Waals surface area contributed by atoms with Gasteiger partial charge in [0, 0.05) is 5.39 Å². The second kappa shape index (κ2) is 8.11. The van der Waals surface area contributed by atoms with Gasteiger partial charge in [-0.15, -0.1) is 0 Å². The molecule has 29 heavy (non-hydrogen) atoms. The lowest BCUT2D eigenvalue weighted by Gasteiger charge is -2.15. The monoisotopic (exact) mass is 399 g/mol. The summed E-state index contributed by atoms with van der Waals surface area (Å²) in [5, 5.41) is 13.4. The Morgan fingerprint density at radius 2 is 1.90 bits per heavy atom. The van der Waals surface area contributed by atoms with E-state index in [1.165, 1.54) is 0 Å². The minimum atomic E-state index is -1.09. The first-order chi connectivity index (χ1) is 13.7. The van der Waals surface area contributed by atoms with Crippen molar-refractivity contribution in [2.24, 2.45) is 0 Å². The van der Waals surface area contributed by atoms with Crippen LogP contribution >= 0.6 is 0 Å². The lowest BCUT2D eigenvalue weighted by atomic mass is 9.98. The van der Waals surface area contributed by atoms with Gasteiger partial charge in [-0.05, 0) is 49.9 Å². The summed E-state index contributed by atoms with van der Waals surface area (Å²) in [6.45, 7) is 7.56. The van der Waals surface area contributed by atoms with Crippen molar-refractivity contribution < 1.29 is 23.5 Å². The van der Waals surface area contributed by atoms with Crippen molar-refractivity contribution in [3.05, 3.63) is 45.0 Å². The highest BCUT2D eigenvalue weighted by Crippen LogP contribution is 2.34. The third kappa shape index (κ3) is 3.90. The van der Waals surface area contributed by atoms with Crippen molar-refractivity contribution in [1.29, 1.82) is 0 Å². The number of rotatable bonds is 7. The Morgan fingerprint density at radius 3 is 2.55 bits per heavy atom. The number of fused-ring (bicyclic) bond motifs is 3. The zero-order chi connectivity index (χ0) is 21.3. The van der Waals surface area contributed by atoms with Gasteiger partial charge in [-0.2, -0.15) is 0 Å². The van der Waals surface area contributed by atoms with Gasteiger partial charge in [-0.25, -0.2) is 9.59 Å². The summed E-state index contributed by atoms with van der Waals surface area (Å²) in [6.07, 6.45) is 3.25. The van der Waals surface area contributed by atoms with Crippen molar-refractivity contribution in [2.45, 2.75) is 59.4 Å². The Labute approximate surface area is 167 Å². The number of aryl methyl sites for hydroxylation is 3. The van der Waals surface area contributed by atoms with E-state index in [9.17, 15) is 19.5 Å². The first kappa shape index (κ1) is 20.6. The molecule has 2 N–H and O–H groups in total. The largest absolute Gasteiger partial charge is 0.480 e. The fourth-order valence-corrected chi connectivity index (χ4v) is 3.75. The number of carbonyl (C=O) groups excluding carboxylic acids is 1. The third-order valence-electron chi connectivity index (χ3n) is 5.28. The van der Waals surface area contributed by atoms with Crippen LogP contribution in [-0.2, 0) is 16.0 Å². The van der Waals surface area contributed by atoms with E-state index in [1.54, 1.807) is 19.3 Å². The van der Waals surface area contributed by atoms with Crippen LogP contribution in [0.3, 0.4) is 0 Å². The maximum Gasteiger partial charge on any atom is 0.340 e. The van der Waals surface area contributed by atoms with Gasteiger partial charge in [-0.3, -0.25) is 4.79 Å². The van der Waals surface area contributed by atoms with E-state index in [2.05, 4.69) is 5.32 Å². The maximum atomic E-state index is 12.5. The molecule has 2 heterocycles. The van der Waals surface area contributed by atoms with Crippen molar-refractivity contribution in [2.75, 3.05) is 0 Å². The van der Waals surface area contributed by atoms with Gasteiger partial charge in [0.1, 0.15) is 17.2 Å². The van der Waals surface area contributed by atoms with Crippen LogP contribution in [-0.4, -0.2) is 23.0 Å². The molecule has 3 aromatic rings. The third-order valence-corrected chi connectivity index (χ3v) is 5.28. The summed E-state index contributed by atoms with van der Waals surface area (Å²) in [6, 6.07) is 0.821. The molecule has 1 amide bonds. The van der Waals surface area contributed by atoms with Crippen LogP contribution in [0, 0.1) is 20.8 Å². The normalized spacial score (nSPS) is 12.4. The van der Waals surface area contributed by atoms with Crippen molar-refractivity contribution in [3.8, 4) is 0 Å². The number of benzene rings is 1. The molecular weight excluding hydrogens is 374 g/mol. The van der Waals surface area contributed by atoms with E-state index in [4.69, 9.17) is 8.83 Å². The fourth-order valence-electron chi connectivity index (χ4n) is 3.75. The zero-order valence-corrected chi connectivity index (χ0v) is 17.0. The molecule has 0 spiro atoms. The van der Waals surface area contributed by atoms with E-state index in [-0.39, 0.29) is 12.0 Å². The number of furan rings is 1. The summed E-state index contributed by atoms with van der Waals surface area (Å²) in [7, 11) is 0. The van der Waals surface area contributed by atoms with E-state index in [0.29, 0.717) is 35.0 Å². The molecule has 7 heteroatoms. The number of carbonyl (C=O) groups is 2. The molecule has 3 rings (SSSR count). The summed E-state index contributed by atoms with van der Waals surface area (Å²) >= 11 is 0. The molecule has 0 fully saturated rings. The highest BCUT2D eigenvalue weighted by molar-refractivity contribution is 6.07. The van der Waals surface area contributed by atoms with Gasteiger partial charge in [0.15, 0.2) is 0 Å². The lowest BCUT2D eigenvalue weighted by molar-refractivity contribution is -0.142. The quantitative estimate of drug-likeness (QED) is 0.585. The highest BCUT2D eigenvalue weighted by Gasteiger charge is 2.23. The molecule has 0 saturated heterocycles. The van der Waals surface area contributed by atoms with E-state index >= 15 is 0 Å². The predicted octanol–water partition coefficient (Wildman–Crippen LogP) is 3.77. The molecule has 1 aromatic carbocycles. The maximum absolute atomic E-state index is 12.5. The molecule has 0 aliphatic carbocycles. The van der Waals surface area contributed by atoms with Gasteiger partial charge in [-0.1, -0.05) is 19.8 Å². The minimum absolute atomic E-state index is 0.203. The van der Waals surface area contributed by atoms with Crippen LogP contribution in [0.5, 0.6) is 0 Å². The molecule has 154 valence electrons. The minimum Gasteiger partial charge on any atom is -0.480 e. The molecule has 2 aromatic heterocycles. The first-order valence-electron chi connectivity index (χ1n) is 9.70. The van der Waals surface area contributed by atoms with Crippen molar-refractivity contribution in [1.82, 2.24) is 5.32 Å². The number of aliphatic carboxylic acids is 1. The molecule has 0 radical (unpaired) electrons. The van der Waals surface area contributed by atoms with Gasteiger partial charge in [0.25, 0.3) is 0 Å². The second-order valence-electron chi connectivity index (χ2n) is 7.46. The Morgan fingerprint density at radius 1 is 1.17 bits per heavy atom. The average Bonchev–Trinajstić information content (AvgIpc) is 3.03. The molecule has 0 aliphatic rings. The van der Waals surface area contributed by atoms with Crippen LogP contribution in [0.2, 0.25) is 0 Å². The number of hydrogen-bond acceptors (Lipinski definition) is 5.